The fourth-order valence-electron chi connectivity index (χ4n) is 3.66. The molecular weight excluding hydrogens is 353 g/mol. The minimum Gasteiger partial charge on any atom is -0.384 e. The number of carbonyl (C=O) groups is 1. The molecule has 6 nitrogen and oxygen atoms in total. The van der Waals surface area contributed by atoms with Crippen molar-refractivity contribution in [3.05, 3.63) is 0 Å². The van der Waals surface area contributed by atoms with E-state index in [0.29, 0.717) is 12.6 Å². The van der Waals surface area contributed by atoms with E-state index in [0.717, 1.165) is 58.7 Å². The monoisotopic (exact) mass is 385 g/mol. The molecule has 1 unspecified atom stereocenters. The standard InChI is InChI=1S/C16H31N3O3.2ClH/c1-14-12-19(9-8-18(14)10-11-21-2)15(20)16(13-22-3)4-6-17-7-5-16;;/h14,17H,4-13H2,1-3H3;2*1H. The molecule has 24 heavy (non-hydrogen) atoms. The molecule has 2 heterocycles. The number of carbonyl (C=O) groups excluding carboxylic acids is 1. The van der Waals surface area contributed by atoms with E-state index >= 15 is 0 Å². The molecule has 0 bridgehead atoms. The fraction of sp³-hybridized carbons (Fsp3) is 0.938. The summed E-state index contributed by atoms with van der Waals surface area (Å²) in [4.78, 5) is 17.6. The van der Waals surface area contributed by atoms with E-state index in [2.05, 4.69) is 22.0 Å². The smallest absolute Gasteiger partial charge is 0.231 e. The summed E-state index contributed by atoms with van der Waals surface area (Å²) in [7, 11) is 3.43. The second kappa shape index (κ2) is 11.5. The number of ether oxygens (including phenoxy) is 2. The Morgan fingerprint density at radius 1 is 1.17 bits per heavy atom. The summed E-state index contributed by atoms with van der Waals surface area (Å²) in [5.41, 5.74) is -0.325. The van der Waals surface area contributed by atoms with Crippen LogP contribution < -0.4 is 5.32 Å². The molecule has 1 amide bonds. The normalized spacial score (nSPS) is 24.0. The van der Waals surface area contributed by atoms with Crippen molar-refractivity contribution in [2.75, 3.05) is 66.7 Å². The van der Waals surface area contributed by atoms with Crippen LogP contribution in [0.3, 0.4) is 0 Å². The van der Waals surface area contributed by atoms with Crippen molar-refractivity contribution in [1.29, 1.82) is 0 Å². The van der Waals surface area contributed by atoms with Gasteiger partial charge in [0.2, 0.25) is 5.91 Å². The average Bonchev–Trinajstić information content (AvgIpc) is 2.54. The SMILES string of the molecule is COCCN1CCN(C(=O)C2(COC)CCNCC2)CC1C.Cl.Cl. The van der Waals surface area contributed by atoms with Crippen LogP contribution >= 0.6 is 24.8 Å². The van der Waals surface area contributed by atoms with E-state index in [1.54, 1.807) is 14.2 Å². The molecule has 0 spiro atoms. The Labute approximate surface area is 158 Å². The zero-order valence-electron chi connectivity index (χ0n) is 15.1. The molecule has 0 aromatic heterocycles. The number of nitrogens with zero attached hydrogens (tertiary/aromatic N) is 2. The van der Waals surface area contributed by atoms with Gasteiger partial charge in [0.05, 0.1) is 18.6 Å². The van der Waals surface area contributed by atoms with E-state index in [9.17, 15) is 4.79 Å². The zero-order valence-corrected chi connectivity index (χ0v) is 16.7. The van der Waals surface area contributed by atoms with Gasteiger partial charge in [0, 0.05) is 46.4 Å². The van der Waals surface area contributed by atoms with Crippen LogP contribution in [0.4, 0.5) is 0 Å². The zero-order chi connectivity index (χ0) is 16.0. The summed E-state index contributed by atoms with van der Waals surface area (Å²) in [5, 5.41) is 3.35. The van der Waals surface area contributed by atoms with Crippen LogP contribution in [0, 0.1) is 5.41 Å². The van der Waals surface area contributed by atoms with Crippen LogP contribution in [0.1, 0.15) is 19.8 Å². The van der Waals surface area contributed by atoms with Crippen LogP contribution in [0.25, 0.3) is 0 Å². The van der Waals surface area contributed by atoms with E-state index < -0.39 is 0 Å². The van der Waals surface area contributed by atoms with Gasteiger partial charge in [0.1, 0.15) is 0 Å². The Morgan fingerprint density at radius 3 is 2.38 bits per heavy atom. The summed E-state index contributed by atoms with van der Waals surface area (Å²) in [6.07, 6.45) is 1.75. The van der Waals surface area contributed by atoms with Crippen LogP contribution in [0.2, 0.25) is 0 Å². The molecular formula is C16H33Cl2N3O3. The first-order valence-electron chi connectivity index (χ1n) is 8.35. The maximum absolute atomic E-state index is 13.1. The van der Waals surface area contributed by atoms with Crippen molar-refractivity contribution in [3.63, 3.8) is 0 Å². The van der Waals surface area contributed by atoms with Gasteiger partial charge in [-0.1, -0.05) is 0 Å². The summed E-state index contributed by atoms with van der Waals surface area (Å²) in [5.74, 6) is 0.286. The highest BCUT2D eigenvalue weighted by atomic mass is 35.5. The summed E-state index contributed by atoms with van der Waals surface area (Å²) in [6.45, 7) is 8.76. The maximum Gasteiger partial charge on any atom is 0.231 e. The third-order valence-electron chi connectivity index (χ3n) is 5.07. The Bertz CT molecular complexity index is 363. The lowest BCUT2D eigenvalue weighted by atomic mass is 9.78. The number of piperazine rings is 1. The van der Waals surface area contributed by atoms with E-state index in [-0.39, 0.29) is 36.1 Å². The first kappa shape index (κ1) is 23.9. The highest BCUT2D eigenvalue weighted by Crippen LogP contribution is 2.32. The first-order valence-corrected chi connectivity index (χ1v) is 8.35. The summed E-state index contributed by atoms with van der Waals surface area (Å²) >= 11 is 0. The van der Waals surface area contributed by atoms with Crippen molar-refractivity contribution in [2.45, 2.75) is 25.8 Å². The quantitative estimate of drug-likeness (QED) is 0.739. The number of nitrogens with one attached hydrogen (secondary N) is 1. The molecule has 0 aromatic rings. The minimum atomic E-state index is -0.325. The second-order valence-corrected chi connectivity index (χ2v) is 6.59. The molecule has 0 aliphatic carbocycles. The molecule has 144 valence electrons. The molecule has 8 heteroatoms. The number of amides is 1. The van der Waals surface area contributed by atoms with Crippen LogP contribution in [-0.4, -0.2) is 88.5 Å². The molecule has 2 saturated heterocycles. The lowest BCUT2D eigenvalue weighted by Crippen LogP contribution is -2.59. The first-order chi connectivity index (χ1) is 10.6. The molecule has 0 saturated carbocycles. The van der Waals surface area contributed by atoms with Gasteiger partial charge in [-0.2, -0.15) is 0 Å². The van der Waals surface area contributed by atoms with Gasteiger partial charge in [-0.15, -0.1) is 24.8 Å². The lowest BCUT2D eigenvalue weighted by molar-refractivity contribution is -0.150. The Hall–Kier alpha value is -0.110. The van der Waals surface area contributed by atoms with E-state index in [4.69, 9.17) is 9.47 Å². The van der Waals surface area contributed by atoms with Crippen molar-refractivity contribution in [2.24, 2.45) is 5.41 Å². The van der Waals surface area contributed by atoms with Gasteiger partial charge >= 0.3 is 0 Å². The number of hydrogen-bond donors (Lipinski definition) is 1. The molecule has 0 radical (unpaired) electrons. The third-order valence-corrected chi connectivity index (χ3v) is 5.07. The van der Waals surface area contributed by atoms with Crippen LogP contribution in [0.5, 0.6) is 0 Å². The lowest BCUT2D eigenvalue weighted by Gasteiger charge is -2.45. The van der Waals surface area contributed by atoms with E-state index in [1.807, 2.05) is 0 Å². The van der Waals surface area contributed by atoms with Crippen molar-refractivity contribution < 1.29 is 14.3 Å². The Morgan fingerprint density at radius 2 is 1.83 bits per heavy atom. The summed E-state index contributed by atoms with van der Waals surface area (Å²) in [6, 6.07) is 0.383. The Balaban J connectivity index is 0.00000264. The molecule has 2 aliphatic rings. The predicted molar refractivity (Wildman–Crippen MR) is 100 cm³/mol. The number of rotatable bonds is 6. The highest BCUT2D eigenvalue weighted by molar-refractivity contribution is 5.85. The minimum absolute atomic E-state index is 0. The van der Waals surface area contributed by atoms with Gasteiger partial charge in [0.25, 0.3) is 0 Å². The molecule has 2 fully saturated rings. The fourth-order valence-corrected chi connectivity index (χ4v) is 3.66. The van der Waals surface area contributed by atoms with Crippen LogP contribution in [-0.2, 0) is 14.3 Å². The van der Waals surface area contributed by atoms with Gasteiger partial charge < -0.3 is 19.7 Å². The molecule has 2 rings (SSSR count). The maximum atomic E-state index is 13.1. The van der Waals surface area contributed by atoms with Crippen molar-refractivity contribution in [3.8, 4) is 0 Å². The highest BCUT2D eigenvalue weighted by Gasteiger charge is 2.43. The second-order valence-electron chi connectivity index (χ2n) is 6.59. The topological polar surface area (TPSA) is 54.0 Å². The molecule has 1 N–H and O–H groups in total. The van der Waals surface area contributed by atoms with Gasteiger partial charge in [-0.3, -0.25) is 9.69 Å². The van der Waals surface area contributed by atoms with Crippen LogP contribution in [0.15, 0.2) is 0 Å². The molecule has 2 aliphatic heterocycles. The Kier molecular flexibility index (Phi) is 11.4. The van der Waals surface area contributed by atoms with Gasteiger partial charge in [0.15, 0.2) is 0 Å². The number of methoxy groups -OCH3 is 2. The van der Waals surface area contributed by atoms with Gasteiger partial charge in [-0.25, -0.2) is 0 Å². The molecule has 0 aromatic carbocycles. The van der Waals surface area contributed by atoms with Crippen molar-refractivity contribution in [1.82, 2.24) is 15.1 Å². The average molecular weight is 386 g/mol. The van der Waals surface area contributed by atoms with Crippen molar-refractivity contribution >= 4 is 30.7 Å². The van der Waals surface area contributed by atoms with Gasteiger partial charge in [-0.05, 0) is 32.9 Å². The van der Waals surface area contributed by atoms with E-state index in [1.165, 1.54) is 0 Å². The number of hydrogen-bond acceptors (Lipinski definition) is 5. The number of halogens is 2. The molecule has 1 atom stereocenters. The third kappa shape index (κ3) is 5.71. The summed E-state index contributed by atoms with van der Waals surface area (Å²) < 4.78 is 10.6. The predicted octanol–water partition coefficient (Wildman–Crippen LogP) is 1.03. The largest absolute Gasteiger partial charge is 0.384 e. The number of piperidine rings is 1.